The molecule has 6 nitrogen and oxygen atoms in total. The summed E-state index contributed by atoms with van der Waals surface area (Å²) >= 11 is 0. The summed E-state index contributed by atoms with van der Waals surface area (Å²) in [4.78, 5) is 25.2. The van der Waals surface area contributed by atoms with Crippen LogP contribution in [-0.2, 0) is 6.54 Å². The molecule has 6 heteroatoms. The van der Waals surface area contributed by atoms with Gasteiger partial charge in [0.05, 0.1) is 0 Å². The first-order valence-electron chi connectivity index (χ1n) is 7.26. The molecule has 21 heavy (non-hydrogen) atoms. The number of anilines is 2. The molecule has 0 radical (unpaired) electrons. The molecule has 2 aromatic rings. The van der Waals surface area contributed by atoms with Gasteiger partial charge in [0.2, 0.25) is 0 Å². The molecule has 0 N–H and O–H groups in total. The first-order chi connectivity index (χ1) is 10.3. The van der Waals surface area contributed by atoms with Crippen LogP contribution in [0.25, 0.3) is 0 Å². The number of piperazine rings is 1. The number of rotatable bonds is 3. The fourth-order valence-electron chi connectivity index (χ4n) is 2.59. The van der Waals surface area contributed by atoms with E-state index in [1.807, 2.05) is 25.1 Å². The monoisotopic (exact) mass is 285 g/mol. The zero-order valence-electron chi connectivity index (χ0n) is 12.1. The summed E-state index contributed by atoms with van der Waals surface area (Å²) in [7, 11) is 0. The van der Waals surface area contributed by atoms with Crippen molar-refractivity contribution in [2.45, 2.75) is 13.5 Å². The third-order valence-electron chi connectivity index (χ3n) is 3.79. The maximum Gasteiger partial charge on any atom is 0.293 e. The van der Waals surface area contributed by atoms with E-state index in [9.17, 15) is 4.79 Å². The third kappa shape index (κ3) is 2.74. The molecule has 0 saturated carbocycles. The van der Waals surface area contributed by atoms with Gasteiger partial charge >= 0.3 is 0 Å². The summed E-state index contributed by atoms with van der Waals surface area (Å²) in [5, 5.41) is 0. The summed E-state index contributed by atoms with van der Waals surface area (Å²) in [6.07, 6.45) is 5.24. The van der Waals surface area contributed by atoms with Crippen LogP contribution in [0.3, 0.4) is 0 Å². The molecular formula is C15H19N5O. The predicted molar refractivity (Wildman–Crippen MR) is 82.8 cm³/mol. The largest absolute Gasteiger partial charge is 0.353 e. The maximum atomic E-state index is 12.3. The summed E-state index contributed by atoms with van der Waals surface area (Å²) in [6, 6.07) is 5.93. The fraction of sp³-hybridized carbons (Fsp3) is 0.400. The predicted octanol–water partition coefficient (Wildman–Crippen LogP) is 0.985. The zero-order chi connectivity index (χ0) is 14.7. The number of aromatic nitrogens is 3. The standard InChI is InChI=1S/C15H19N5O/c1-2-18-8-7-17-14(15(18)21)20-11-9-19(10-12-20)13-5-3-4-6-16-13/h3-8H,2,9-12H2,1H3. The Hall–Kier alpha value is -2.37. The van der Waals surface area contributed by atoms with Crippen molar-refractivity contribution in [2.24, 2.45) is 0 Å². The number of pyridine rings is 1. The zero-order valence-corrected chi connectivity index (χ0v) is 12.1. The Balaban J connectivity index is 1.73. The molecule has 3 heterocycles. The van der Waals surface area contributed by atoms with Gasteiger partial charge in [-0.1, -0.05) is 6.07 Å². The SMILES string of the molecule is CCn1ccnc(N2CCN(c3ccccn3)CC2)c1=O. The Morgan fingerprint density at radius 2 is 1.81 bits per heavy atom. The van der Waals surface area contributed by atoms with Crippen molar-refractivity contribution in [3.8, 4) is 0 Å². The van der Waals surface area contributed by atoms with Gasteiger partial charge in [-0.25, -0.2) is 9.97 Å². The highest BCUT2D eigenvalue weighted by molar-refractivity contribution is 5.43. The number of aryl methyl sites for hydroxylation is 1. The van der Waals surface area contributed by atoms with Crippen molar-refractivity contribution in [3.63, 3.8) is 0 Å². The summed E-state index contributed by atoms with van der Waals surface area (Å²) < 4.78 is 1.69. The molecule has 0 aromatic carbocycles. The van der Waals surface area contributed by atoms with Crippen molar-refractivity contribution in [1.82, 2.24) is 14.5 Å². The smallest absolute Gasteiger partial charge is 0.293 e. The van der Waals surface area contributed by atoms with E-state index < -0.39 is 0 Å². The highest BCUT2D eigenvalue weighted by Gasteiger charge is 2.21. The average Bonchev–Trinajstić information content (AvgIpc) is 2.56. The van der Waals surface area contributed by atoms with Crippen molar-refractivity contribution in [3.05, 3.63) is 47.1 Å². The maximum absolute atomic E-state index is 12.3. The van der Waals surface area contributed by atoms with Crippen LogP contribution in [0.1, 0.15) is 6.92 Å². The van der Waals surface area contributed by atoms with Crippen LogP contribution in [0.5, 0.6) is 0 Å². The van der Waals surface area contributed by atoms with E-state index >= 15 is 0 Å². The highest BCUT2D eigenvalue weighted by Crippen LogP contribution is 2.14. The average molecular weight is 285 g/mol. The van der Waals surface area contributed by atoms with E-state index in [2.05, 4.69) is 19.8 Å². The molecule has 110 valence electrons. The van der Waals surface area contributed by atoms with Crippen molar-refractivity contribution >= 4 is 11.6 Å². The van der Waals surface area contributed by atoms with Crippen molar-refractivity contribution < 1.29 is 0 Å². The first-order valence-corrected chi connectivity index (χ1v) is 7.26. The van der Waals surface area contributed by atoms with Gasteiger partial charge in [-0.2, -0.15) is 0 Å². The lowest BCUT2D eigenvalue weighted by Gasteiger charge is -2.35. The normalized spacial score (nSPS) is 15.3. The lowest BCUT2D eigenvalue weighted by Crippen LogP contribution is -2.49. The summed E-state index contributed by atoms with van der Waals surface area (Å²) in [5.41, 5.74) is -0.00807. The van der Waals surface area contributed by atoms with Crippen LogP contribution in [0, 0.1) is 0 Å². The van der Waals surface area contributed by atoms with Crippen molar-refractivity contribution in [2.75, 3.05) is 36.0 Å². The number of hydrogen-bond donors (Lipinski definition) is 0. The van der Waals surface area contributed by atoms with Gasteiger partial charge in [-0.15, -0.1) is 0 Å². The number of nitrogens with zero attached hydrogens (tertiary/aromatic N) is 5. The van der Waals surface area contributed by atoms with Gasteiger partial charge in [0.25, 0.3) is 5.56 Å². The molecule has 0 spiro atoms. The van der Waals surface area contributed by atoms with E-state index in [0.717, 1.165) is 32.0 Å². The lowest BCUT2D eigenvalue weighted by molar-refractivity contribution is 0.628. The molecule has 1 aliphatic heterocycles. The minimum atomic E-state index is -0.00807. The van der Waals surface area contributed by atoms with E-state index in [0.29, 0.717) is 12.4 Å². The van der Waals surface area contributed by atoms with Gasteiger partial charge in [0.15, 0.2) is 5.82 Å². The van der Waals surface area contributed by atoms with Gasteiger partial charge in [-0.05, 0) is 19.1 Å². The van der Waals surface area contributed by atoms with E-state index in [-0.39, 0.29) is 5.56 Å². The third-order valence-corrected chi connectivity index (χ3v) is 3.79. The van der Waals surface area contributed by atoms with Crippen LogP contribution < -0.4 is 15.4 Å². The second-order valence-electron chi connectivity index (χ2n) is 5.00. The van der Waals surface area contributed by atoms with E-state index in [4.69, 9.17) is 0 Å². The second kappa shape index (κ2) is 5.95. The fourth-order valence-corrected chi connectivity index (χ4v) is 2.59. The van der Waals surface area contributed by atoms with Gasteiger partial charge in [0.1, 0.15) is 5.82 Å². The minimum Gasteiger partial charge on any atom is -0.353 e. The molecule has 0 amide bonds. The Morgan fingerprint density at radius 1 is 1.05 bits per heavy atom. The molecular weight excluding hydrogens is 266 g/mol. The van der Waals surface area contributed by atoms with Crippen LogP contribution in [-0.4, -0.2) is 40.7 Å². The summed E-state index contributed by atoms with van der Waals surface area (Å²) in [6.45, 7) is 5.89. The van der Waals surface area contributed by atoms with Crippen molar-refractivity contribution in [1.29, 1.82) is 0 Å². The molecule has 1 saturated heterocycles. The highest BCUT2D eigenvalue weighted by atomic mass is 16.1. The molecule has 0 bridgehead atoms. The van der Waals surface area contributed by atoms with E-state index in [1.54, 1.807) is 23.2 Å². The number of hydrogen-bond acceptors (Lipinski definition) is 5. The molecule has 0 unspecified atom stereocenters. The minimum absolute atomic E-state index is 0.00807. The second-order valence-corrected chi connectivity index (χ2v) is 5.00. The van der Waals surface area contributed by atoms with E-state index in [1.165, 1.54) is 0 Å². The lowest BCUT2D eigenvalue weighted by atomic mass is 10.3. The summed E-state index contributed by atoms with van der Waals surface area (Å²) in [5.74, 6) is 1.55. The Morgan fingerprint density at radius 3 is 2.48 bits per heavy atom. The molecule has 2 aromatic heterocycles. The quantitative estimate of drug-likeness (QED) is 0.841. The van der Waals surface area contributed by atoms with Crippen LogP contribution >= 0.6 is 0 Å². The first kappa shape index (κ1) is 13.6. The van der Waals surface area contributed by atoms with Crippen LogP contribution in [0.2, 0.25) is 0 Å². The Labute approximate surface area is 123 Å². The molecule has 1 fully saturated rings. The molecule has 0 atom stereocenters. The molecule has 1 aliphatic rings. The molecule has 3 rings (SSSR count). The molecule has 0 aliphatic carbocycles. The van der Waals surface area contributed by atoms with Gasteiger partial charge in [0, 0.05) is 51.3 Å². The van der Waals surface area contributed by atoms with Gasteiger partial charge in [-0.3, -0.25) is 4.79 Å². The Kier molecular flexibility index (Phi) is 3.85. The van der Waals surface area contributed by atoms with Gasteiger partial charge < -0.3 is 14.4 Å². The Bertz CT molecular complexity index is 647. The van der Waals surface area contributed by atoms with Crippen LogP contribution in [0.15, 0.2) is 41.6 Å². The topological polar surface area (TPSA) is 54.3 Å². The van der Waals surface area contributed by atoms with Crippen LogP contribution in [0.4, 0.5) is 11.6 Å².